The highest BCUT2D eigenvalue weighted by atomic mass is 32.2. The summed E-state index contributed by atoms with van der Waals surface area (Å²) in [5, 5.41) is 34.1. The maximum atomic E-state index is 13.4. The van der Waals surface area contributed by atoms with E-state index >= 15 is 0 Å². The second-order valence-corrected chi connectivity index (χ2v) is 16.3. The average molecular weight is 820 g/mol. The lowest BCUT2D eigenvalue weighted by atomic mass is 9.83. The number of nitrogen functional groups attached to an aromatic ring is 1. The normalized spacial score (nSPS) is 16.2. The van der Waals surface area contributed by atoms with E-state index in [1.807, 2.05) is 74.5 Å². The number of carbonyl (C=O) groups is 4. The predicted molar refractivity (Wildman–Crippen MR) is 225 cm³/mol. The predicted octanol–water partition coefficient (Wildman–Crippen LogP) is 4.35. The Labute approximate surface area is 346 Å². The molecule has 14 nitrogen and oxygen atoms in total. The summed E-state index contributed by atoms with van der Waals surface area (Å²) in [5.74, 6) is -0.257. The first-order valence-electron chi connectivity index (χ1n) is 20.3. The third-order valence-electron chi connectivity index (χ3n) is 10.6. The lowest BCUT2D eigenvalue weighted by Crippen LogP contribution is -2.52. The molecule has 1 saturated carbocycles. The third-order valence-corrected chi connectivity index (χ3v) is 11.6. The summed E-state index contributed by atoms with van der Waals surface area (Å²) in [5.41, 5.74) is 8.30. The number of anilines is 1. The first kappa shape index (κ1) is 46.0. The molecule has 0 unspecified atom stereocenters. The van der Waals surface area contributed by atoms with Gasteiger partial charge in [0.2, 0.25) is 17.7 Å². The van der Waals surface area contributed by atoms with E-state index in [0.717, 1.165) is 43.2 Å². The van der Waals surface area contributed by atoms with Gasteiger partial charge in [-0.3, -0.25) is 14.4 Å². The Hall–Kier alpha value is -4.73. The number of aliphatic hydroxyl groups is 2. The molecule has 3 aromatic rings. The van der Waals surface area contributed by atoms with Gasteiger partial charge in [-0.1, -0.05) is 113 Å². The lowest BCUT2D eigenvalue weighted by Gasteiger charge is -2.31. The van der Waals surface area contributed by atoms with Crippen molar-refractivity contribution >= 4 is 41.4 Å². The molecule has 1 aliphatic carbocycles. The van der Waals surface area contributed by atoms with E-state index in [2.05, 4.69) is 31.2 Å². The molecular weight excluding hydrogens is 759 g/mol. The maximum absolute atomic E-state index is 13.4. The van der Waals surface area contributed by atoms with E-state index < -0.39 is 48.2 Å². The fourth-order valence-corrected chi connectivity index (χ4v) is 7.87. The Morgan fingerprint density at radius 2 is 1.57 bits per heavy atom. The number of benzene rings is 2. The first-order valence-corrected chi connectivity index (χ1v) is 21.5. The van der Waals surface area contributed by atoms with Crippen LogP contribution in [-0.2, 0) is 38.7 Å². The van der Waals surface area contributed by atoms with Gasteiger partial charge >= 0.3 is 6.09 Å². The number of amides is 4. The standard InChI is InChI=1S/C43H61N7O7S/c1-4-28(2)40(42(55)46-24-33-23-45-29(3)47-41(33)44)50-38(53)22-36(51)34(20-30-14-8-5-9-15-30)48-39(54)27-58-26-37(52)35(21-31-16-10-6-11-17-31)49-43(56)57-25-32-18-12-7-13-19-32/h6-7,10-13,16-19,23,28,30,34-37,40,51-52H,4-5,8-9,14-15,20-22,24-27H2,1-3H3,(H,46,55)(H,48,54)(H,49,56)(H,50,53)(H2,44,45,47)/t28-,34-,35-,36-,37-,40-/m0/s1. The smallest absolute Gasteiger partial charge is 0.407 e. The largest absolute Gasteiger partial charge is 0.445 e. The van der Waals surface area contributed by atoms with Crippen molar-refractivity contribution in [3.8, 4) is 0 Å². The maximum Gasteiger partial charge on any atom is 0.407 e. The van der Waals surface area contributed by atoms with Crippen LogP contribution in [0.3, 0.4) is 0 Å². The van der Waals surface area contributed by atoms with Crippen LogP contribution in [0.1, 0.15) is 87.7 Å². The SMILES string of the molecule is CC[C@H](C)[C@H](NC(=O)C[C@H](O)[C@H](CC1CCCCC1)NC(=O)CSC[C@H](O)[C@H](Cc1ccccc1)NC(=O)OCc1ccccc1)C(=O)NCc1cnc(C)nc1N. The molecule has 0 spiro atoms. The van der Waals surface area contributed by atoms with Crippen LogP contribution in [0.25, 0.3) is 0 Å². The van der Waals surface area contributed by atoms with Gasteiger partial charge < -0.3 is 42.0 Å². The molecule has 0 bridgehead atoms. The Bertz CT molecular complexity index is 1730. The highest BCUT2D eigenvalue weighted by molar-refractivity contribution is 7.99. The van der Waals surface area contributed by atoms with Gasteiger partial charge in [-0.2, -0.15) is 0 Å². The van der Waals surface area contributed by atoms with Crippen molar-refractivity contribution in [2.75, 3.05) is 17.2 Å². The average Bonchev–Trinajstić information content (AvgIpc) is 3.22. The molecular formula is C43H61N7O7S. The van der Waals surface area contributed by atoms with Gasteiger partial charge in [0.05, 0.1) is 36.5 Å². The van der Waals surface area contributed by atoms with Crippen LogP contribution in [0.15, 0.2) is 66.9 Å². The van der Waals surface area contributed by atoms with Crippen LogP contribution >= 0.6 is 11.8 Å². The van der Waals surface area contributed by atoms with Crippen LogP contribution in [0.5, 0.6) is 0 Å². The van der Waals surface area contributed by atoms with Crippen molar-refractivity contribution in [2.24, 2.45) is 11.8 Å². The Balaban J connectivity index is 1.33. The van der Waals surface area contributed by atoms with Crippen LogP contribution in [-0.4, -0.2) is 85.8 Å². The lowest BCUT2D eigenvalue weighted by molar-refractivity contribution is -0.131. The minimum absolute atomic E-state index is 0.0134. The fourth-order valence-electron chi connectivity index (χ4n) is 7.01. The summed E-state index contributed by atoms with van der Waals surface area (Å²) in [6.45, 7) is 5.68. The number of hydrogen-bond acceptors (Lipinski definition) is 11. The molecule has 0 aliphatic heterocycles. The number of rotatable bonds is 22. The van der Waals surface area contributed by atoms with Crippen molar-refractivity contribution in [1.82, 2.24) is 31.2 Å². The third kappa shape index (κ3) is 15.9. The first-order chi connectivity index (χ1) is 27.9. The topological polar surface area (TPSA) is 218 Å². The van der Waals surface area contributed by atoms with Gasteiger partial charge in [0.15, 0.2) is 0 Å². The molecule has 1 fully saturated rings. The second kappa shape index (κ2) is 24.3. The number of alkyl carbamates (subject to hydrolysis) is 1. The number of nitrogens with one attached hydrogen (secondary N) is 4. The van der Waals surface area contributed by atoms with Crippen LogP contribution < -0.4 is 27.0 Å². The minimum atomic E-state index is -1.20. The number of nitrogens with two attached hydrogens (primary N) is 1. The van der Waals surface area contributed by atoms with Gasteiger partial charge in [0.1, 0.15) is 24.3 Å². The Morgan fingerprint density at radius 1 is 0.897 bits per heavy atom. The van der Waals surface area contributed by atoms with Gasteiger partial charge in [0.25, 0.3) is 0 Å². The summed E-state index contributed by atoms with van der Waals surface area (Å²) in [7, 11) is 0. The van der Waals surface area contributed by atoms with E-state index in [1.54, 1.807) is 13.1 Å². The molecule has 8 N–H and O–H groups in total. The molecule has 2 aromatic carbocycles. The zero-order valence-corrected chi connectivity index (χ0v) is 34.7. The summed E-state index contributed by atoms with van der Waals surface area (Å²) in [6.07, 6.45) is 5.09. The van der Waals surface area contributed by atoms with Crippen molar-refractivity contribution in [3.63, 3.8) is 0 Å². The number of ether oxygens (including phenoxy) is 1. The number of nitrogens with zero attached hydrogens (tertiary/aromatic N) is 2. The molecule has 4 amide bonds. The van der Waals surface area contributed by atoms with Crippen LogP contribution in [0.2, 0.25) is 0 Å². The number of aromatic nitrogens is 2. The van der Waals surface area contributed by atoms with E-state index in [0.29, 0.717) is 30.7 Å². The molecule has 4 rings (SSSR count). The van der Waals surface area contributed by atoms with E-state index in [1.165, 1.54) is 11.8 Å². The zero-order chi connectivity index (χ0) is 41.9. The van der Waals surface area contributed by atoms with Gasteiger partial charge in [-0.25, -0.2) is 14.8 Å². The van der Waals surface area contributed by atoms with Crippen molar-refractivity contribution in [3.05, 3.63) is 89.4 Å². The summed E-state index contributed by atoms with van der Waals surface area (Å²) >= 11 is 1.21. The number of thioether (sulfide) groups is 1. The molecule has 15 heteroatoms. The summed E-state index contributed by atoms with van der Waals surface area (Å²) in [4.78, 5) is 61.1. The molecule has 0 saturated heterocycles. The Morgan fingerprint density at radius 3 is 2.22 bits per heavy atom. The van der Waals surface area contributed by atoms with Crippen molar-refractivity contribution < 1.29 is 34.1 Å². The van der Waals surface area contributed by atoms with Crippen molar-refractivity contribution in [1.29, 1.82) is 0 Å². The fraction of sp³-hybridized carbons (Fsp3) is 0.535. The quantitative estimate of drug-likeness (QED) is 0.0756. The van der Waals surface area contributed by atoms with Crippen molar-refractivity contribution in [2.45, 2.75) is 122 Å². The number of aliphatic hydroxyl groups excluding tert-OH is 2. The summed E-state index contributed by atoms with van der Waals surface area (Å²) in [6, 6.07) is 16.5. The highest BCUT2D eigenvalue weighted by Gasteiger charge is 2.31. The van der Waals surface area contributed by atoms with Gasteiger partial charge in [0, 0.05) is 24.1 Å². The molecule has 316 valence electrons. The Kier molecular flexibility index (Phi) is 19.2. The van der Waals surface area contributed by atoms with Crippen LogP contribution in [0, 0.1) is 18.8 Å². The van der Waals surface area contributed by atoms with Crippen LogP contribution in [0.4, 0.5) is 10.6 Å². The molecule has 6 atom stereocenters. The minimum Gasteiger partial charge on any atom is -0.445 e. The number of carbonyl (C=O) groups excluding carboxylic acids is 4. The molecule has 1 heterocycles. The van der Waals surface area contributed by atoms with E-state index in [-0.39, 0.29) is 54.6 Å². The molecule has 58 heavy (non-hydrogen) atoms. The summed E-state index contributed by atoms with van der Waals surface area (Å²) < 4.78 is 5.42. The number of hydrogen-bond donors (Lipinski definition) is 7. The number of aryl methyl sites for hydroxylation is 1. The van der Waals surface area contributed by atoms with Gasteiger partial charge in [-0.05, 0) is 42.7 Å². The molecule has 1 aromatic heterocycles. The second-order valence-electron chi connectivity index (χ2n) is 15.2. The molecule has 0 radical (unpaired) electrons. The molecule has 1 aliphatic rings. The van der Waals surface area contributed by atoms with E-state index in [9.17, 15) is 29.4 Å². The zero-order valence-electron chi connectivity index (χ0n) is 33.9. The monoisotopic (exact) mass is 819 g/mol. The highest BCUT2D eigenvalue weighted by Crippen LogP contribution is 2.28. The van der Waals surface area contributed by atoms with E-state index in [4.69, 9.17) is 10.5 Å². The van der Waals surface area contributed by atoms with Gasteiger partial charge in [-0.15, -0.1) is 11.8 Å².